The lowest BCUT2D eigenvalue weighted by atomic mass is 10.1. The minimum atomic E-state index is -0.248. The van der Waals surface area contributed by atoms with Crippen LogP contribution in [0.3, 0.4) is 0 Å². The molecule has 0 atom stereocenters. The molecule has 0 fully saturated rings. The maximum Gasteiger partial charge on any atom is 0.310 e. The van der Waals surface area contributed by atoms with Gasteiger partial charge < -0.3 is 16.2 Å². The Morgan fingerprint density at radius 1 is 1.27 bits per heavy atom. The molecule has 4 nitrogen and oxygen atoms in total. The van der Waals surface area contributed by atoms with Crippen LogP contribution in [0.5, 0.6) is 0 Å². The number of ether oxygens (including phenoxy) is 1. The summed E-state index contributed by atoms with van der Waals surface area (Å²) in [6.07, 6.45) is 1.04. The van der Waals surface area contributed by atoms with Crippen molar-refractivity contribution < 1.29 is 9.53 Å². The summed E-state index contributed by atoms with van der Waals surface area (Å²) in [6.45, 7) is 2.41. The summed E-state index contributed by atoms with van der Waals surface area (Å²) in [4.78, 5) is 11.3. The minimum absolute atomic E-state index is 0.217. The molecule has 0 aliphatic carbocycles. The zero-order valence-electron chi connectivity index (χ0n) is 8.82. The van der Waals surface area contributed by atoms with Crippen molar-refractivity contribution in [3.05, 3.63) is 23.8 Å². The van der Waals surface area contributed by atoms with Gasteiger partial charge in [0.2, 0.25) is 0 Å². The van der Waals surface area contributed by atoms with Crippen molar-refractivity contribution in [1.82, 2.24) is 0 Å². The van der Waals surface area contributed by atoms with Crippen molar-refractivity contribution in [2.75, 3.05) is 18.1 Å². The molecule has 1 aromatic rings. The minimum Gasteiger partial charge on any atom is -0.465 e. The van der Waals surface area contributed by atoms with Gasteiger partial charge in [-0.05, 0) is 30.2 Å². The second-order valence-corrected chi connectivity index (χ2v) is 3.41. The summed E-state index contributed by atoms with van der Waals surface area (Å²) >= 11 is 0. The van der Waals surface area contributed by atoms with E-state index in [1.165, 1.54) is 0 Å². The van der Waals surface area contributed by atoms with Gasteiger partial charge in [0, 0.05) is 11.4 Å². The number of nitrogens with two attached hydrogens (primary N) is 2. The van der Waals surface area contributed by atoms with Crippen molar-refractivity contribution in [2.45, 2.75) is 19.8 Å². The van der Waals surface area contributed by atoms with E-state index in [-0.39, 0.29) is 12.4 Å². The lowest BCUT2D eigenvalue weighted by Gasteiger charge is -2.05. The number of hydrogen-bond donors (Lipinski definition) is 2. The third-order valence-electron chi connectivity index (χ3n) is 1.85. The normalized spacial score (nSPS) is 9.93. The first-order valence-electron chi connectivity index (χ1n) is 4.92. The lowest BCUT2D eigenvalue weighted by molar-refractivity contribution is -0.142. The molecule has 0 aromatic heterocycles. The highest BCUT2D eigenvalue weighted by molar-refractivity contribution is 5.73. The summed E-state index contributed by atoms with van der Waals surface area (Å²) < 4.78 is 4.95. The number of carbonyl (C=O) groups excluding carboxylic acids is 1. The summed E-state index contributed by atoms with van der Waals surface area (Å²) in [5.74, 6) is -0.248. The summed E-state index contributed by atoms with van der Waals surface area (Å²) in [5, 5.41) is 0. The van der Waals surface area contributed by atoms with Crippen LogP contribution in [0.2, 0.25) is 0 Å². The average molecular weight is 208 g/mol. The monoisotopic (exact) mass is 208 g/mol. The van der Waals surface area contributed by atoms with E-state index in [1.54, 1.807) is 18.2 Å². The van der Waals surface area contributed by atoms with Crippen LogP contribution < -0.4 is 11.5 Å². The van der Waals surface area contributed by atoms with Crippen LogP contribution in [0, 0.1) is 0 Å². The molecule has 0 spiro atoms. The molecule has 15 heavy (non-hydrogen) atoms. The Hall–Kier alpha value is -1.71. The third kappa shape index (κ3) is 3.89. The predicted octanol–water partition coefficient (Wildman–Crippen LogP) is 1.35. The molecule has 4 heteroatoms. The molecule has 0 saturated heterocycles. The number of rotatable bonds is 4. The highest BCUT2D eigenvalue weighted by atomic mass is 16.5. The van der Waals surface area contributed by atoms with Gasteiger partial charge in [0.15, 0.2) is 0 Å². The van der Waals surface area contributed by atoms with Gasteiger partial charge in [0.25, 0.3) is 0 Å². The van der Waals surface area contributed by atoms with Gasteiger partial charge in [0.05, 0.1) is 13.0 Å². The second kappa shape index (κ2) is 5.24. The van der Waals surface area contributed by atoms with E-state index >= 15 is 0 Å². The van der Waals surface area contributed by atoms with E-state index in [4.69, 9.17) is 16.2 Å². The SMILES string of the molecule is CCCOC(=O)Cc1cc(N)cc(N)c1. The molecule has 0 heterocycles. The molecule has 0 bridgehead atoms. The molecule has 0 amide bonds. The molecule has 82 valence electrons. The maximum atomic E-state index is 11.3. The quantitative estimate of drug-likeness (QED) is 0.578. The van der Waals surface area contributed by atoms with Crippen molar-refractivity contribution >= 4 is 17.3 Å². The van der Waals surface area contributed by atoms with Gasteiger partial charge in [-0.1, -0.05) is 6.92 Å². The zero-order chi connectivity index (χ0) is 11.3. The van der Waals surface area contributed by atoms with Crippen LogP contribution in [-0.2, 0) is 16.0 Å². The van der Waals surface area contributed by atoms with E-state index in [0.717, 1.165) is 12.0 Å². The number of esters is 1. The third-order valence-corrected chi connectivity index (χ3v) is 1.85. The van der Waals surface area contributed by atoms with Crippen LogP contribution in [-0.4, -0.2) is 12.6 Å². The van der Waals surface area contributed by atoms with Gasteiger partial charge in [-0.25, -0.2) is 0 Å². The maximum absolute atomic E-state index is 11.3. The number of carbonyl (C=O) groups is 1. The van der Waals surface area contributed by atoms with Gasteiger partial charge in [-0.3, -0.25) is 4.79 Å². The van der Waals surface area contributed by atoms with Crippen LogP contribution >= 0.6 is 0 Å². The fourth-order valence-corrected chi connectivity index (χ4v) is 1.28. The van der Waals surface area contributed by atoms with Crippen LogP contribution in [0.15, 0.2) is 18.2 Å². The molecule has 0 saturated carbocycles. The molecular weight excluding hydrogens is 192 g/mol. The van der Waals surface area contributed by atoms with Crippen LogP contribution in [0.1, 0.15) is 18.9 Å². The molecule has 0 aliphatic heterocycles. The molecule has 1 aromatic carbocycles. The first kappa shape index (κ1) is 11.4. The molecular formula is C11H16N2O2. The Bertz CT molecular complexity index is 330. The fraction of sp³-hybridized carbons (Fsp3) is 0.364. The van der Waals surface area contributed by atoms with E-state index in [9.17, 15) is 4.79 Å². The Kier molecular flexibility index (Phi) is 3.97. The van der Waals surface area contributed by atoms with Crippen molar-refractivity contribution in [2.24, 2.45) is 0 Å². The molecule has 4 N–H and O–H groups in total. The molecule has 0 radical (unpaired) electrons. The van der Waals surface area contributed by atoms with E-state index in [0.29, 0.717) is 18.0 Å². The average Bonchev–Trinajstić information content (AvgIpc) is 2.13. The highest BCUT2D eigenvalue weighted by Gasteiger charge is 2.05. The molecule has 0 unspecified atom stereocenters. The van der Waals surface area contributed by atoms with Gasteiger partial charge in [-0.2, -0.15) is 0 Å². The number of benzene rings is 1. The van der Waals surface area contributed by atoms with Gasteiger partial charge >= 0.3 is 5.97 Å². The Morgan fingerprint density at radius 3 is 2.40 bits per heavy atom. The van der Waals surface area contributed by atoms with Crippen LogP contribution in [0.4, 0.5) is 11.4 Å². The number of nitrogen functional groups attached to an aromatic ring is 2. The lowest BCUT2D eigenvalue weighted by Crippen LogP contribution is -2.09. The molecule has 1 rings (SSSR count). The zero-order valence-corrected chi connectivity index (χ0v) is 8.82. The van der Waals surface area contributed by atoms with Crippen molar-refractivity contribution in [3.63, 3.8) is 0 Å². The predicted molar refractivity (Wildman–Crippen MR) is 60.2 cm³/mol. The van der Waals surface area contributed by atoms with Gasteiger partial charge in [-0.15, -0.1) is 0 Å². The smallest absolute Gasteiger partial charge is 0.310 e. The van der Waals surface area contributed by atoms with Crippen LogP contribution in [0.25, 0.3) is 0 Å². The number of hydrogen-bond acceptors (Lipinski definition) is 4. The fourth-order valence-electron chi connectivity index (χ4n) is 1.28. The van der Waals surface area contributed by atoms with Crippen molar-refractivity contribution in [3.8, 4) is 0 Å². The summed E-state index contributed by atoms with van der Waals surface area (Å²) in [7, 11) is 0. The second-order valence-electron chi connectivity index (χ2n) is 3.41. The first-order chi connectivity index (χ1) is 7.11. The van der Waals surface area contributed by atoms with Gasteiger partial charge in [0.1, 0.15) is 0 Å². The largest absolute Gasteiger partial charge is 0.465 e. The summed E-state index contributed by atoms with van der Waals surface area (Å²) in [5.41, 5.74) is 13.1. The first-order valence-corrected chi connectivity index (χ1v) is 4.92. The van der Waals surface area contributed by atoms with E-state index < -0.39 is 0 Å². The Labute approximate surface area is 89.2 Å². The van der Waals surface area contributed by atoms with Crippen molar-refractivity contribution in [1.29, 1.82) is 0 Å². The van der Waals surface area contributed by atoms with E-state index in [2.05, 4.69) is 0 Å². The Balaban J connectivity index is 2.60. The van der Waals surface area contributed by atoms with E-state index in [1.807, 2.05) is 6.92 Å². The Morgan fingerprint density at radius 2 is 1.87 bits per heavy atom. The number of anilines is 2. The molecule has 0 aliphatic rings. The topological polar surface area (TPSA) is 78.3 Å². The standard InChI is InChI=1S/C11H16N2O2/c1-2-3-15-11(14)6-8-4-9(12)7-10(13)5-8/h4-5,7H,2-3,6,12-13H2,1H3. The summed E-state index contributed by atoms with van der Waals surface area (Å²) in [6, 6.07) is 5.11. The highest BCUT2D eigenvalue weighted by Crippen LogP contribution is 2.14.